The largest absolute Gasteiger partial charge is 0.508 e. The van der Waals surface area contributed by atoms with Crippen LogP contribution in [-0.4, -0.2) is 250 Å². The summed E-state index contributed by atoms with van der Waals surface area (Å²) in [6.45, 7) is 7.85. The third kappa shape index (κ3) is 35.7. The summed E-state index contributed by atoms with van der Waals surface area (Å²) in [5.41, 5.74) is 25.7. The van der Waals surface area contributed by atoms with Crippen LogP contribution in [0.5, 0.6) is 5.75 Å². The van der Waals surface area contributed by atoms with Crippen molar-refractivity contribution in [2.75, 3.05) is 51.7 Å². The van der Waals surface area contributed by atoms with E-state index in [2.05, 4.69) is 115 Å². The van der Waals surface area contributed by atoms with Gasteiger partial charge in [0.15, 0.2) is 5.96 Å². The quantitative estimate of drug-likeness (QED) is 0.00813. The highest BCUT2D eigenvalue weighted by molar-refractivity contribution is 7.81. The Bertz CT molecular complexity index is 4840. The minimum atomic E-state index is -1.92. The SMILES string of the molecule is CC(=O)N[C@@H](C)C(=O)N[C@H](C(=O)N[C@@H](CC(=O)O)C(=O)N[C@@H](Cc1c[nH]c2ccccc12)C(=O)N[C@H](C(=O)N[C@@H](CS)C(=O)N[C@@H](Cc1ccc(O)cc1)C(=O)N[C@@H](Cc1c[nH]c2ccccc12)C(=O)N[C@@H](CCCNC(=N)N)C(=O)N[C@@H](CCCCN)C(=O)N[C@@H](Cc1ccccc1)C(=O)NCC(=O)NCCOCC(=O)N[C@H](CCCCN)C(N)=O)C(C)C)C(C)(C)S. The number of H-pyrrole nitrogens is 2. The number of fused-ring (bicyclic) bond motifs is 2. The van der Waals surface area contributed by atoms with Crippen molar-refractivity contribution in [1.82, 2.24) is 89.7 Å². The number of phenolic OH excluding ortho intramolecular Hbond substituents is 1. The summed E-state index contributed by atoms with van der Waals surface area (Å²) in [6, 6.07) is 10.2. The Kier molecular flexibility index (Phi) is 43.1. The molecule has 15 amide bonds. The first-order valence-electron chi connectivity index (χ1n) is 42.3. The Balaban J connectivity index is 1.25. The number of ether oxygens (including phenoxy) is 1. The number of guanidine groups is 1. The van der Waals surface area contributed by atoms with Crippen LogP contribution in [0, 0.1) is 11.3 Å². The summed E-state index contributed by atoms with van der Waals surface area (Å²) in [5.74, 6) is -16.6. The molecule has 0 spiro atoms. The molecule has 0 aliphatic carbocycles. The van der Waals surface area contributed by atoms with Gasteiger partial charge in [-0.3, -0.25) is 82.1 Å². The first kappa shape index (κ1) is 105. The van der Waals surface area contributed by atoms with Gasteiger partial charge in [-0.25, -0.2) is 0 Å². The number of para-hydroxylation sites is 2. The monoisotopic (exact) mass is 1830 g/mol. The molecule has 0 radical (unpaired) electrons. The van der Waals surface area contributed by atoms with Gasteiger partial charge in [0.1, 0.15) is 84.9 Å². The zero-order chi connectivity index (χ0) is 95.0. The minimum Gasteiger partial charge on any atom is -0.508 e. The van der Waals surface area contributed by atoms with Crippen molar-refractivity contribution in [2.24, 2.45) is 28.9 Å². The van der Waals surface area contributed by atoms with Crippen LogP contribution in [0.2, 0.25) is 0 Å². The zero-order valence-electron chi connectivity index (χ0n) is 72.9. The standard InChI is InChI=1S/C86H122N22O19S2/c1-47(2)71(107-81(123)65(40-53-43-95-58-24-13-11-22-56(53)58)104-80(122)66(41-70(113)114)105-84(126)72(86(5,6)129)108-74(116)48(3)97-49(4)109)83(125)106-67(46-128)82(124)102-63(38-51-28-30-54(110)31-29-51)78(120)103-64(39-52-42-94-57-23-12-10-21-55(52)57)79(121)100-61(27-18-34-93-85(90)91)76(118)99-60(26-15-17-33-88)77(119)101-62(37-50-19-8-7-9-20-50)75(117)96-44-68(111)92-35-36-127-45-69(112)98-59(73(89)115)25-14-16-32-87/h7-13,19-24,28-31,42-43,47-48,59-67,71-72,94-95,110,128-129H,14-18,25-27,32-41,44-46,87-88H2,1-6H3,(H2,89,115)(H,92,111)(H,96,117)(H,97,109)(H,98,112)(H,99,118)(H,100,121)(H,101,119)(H,102,124)(H,103,120)(H,104,122)(H,105,126)(H,106,125)(H,107,123)(H,108,116)(H,113,114)(H4,90,91,93)/t48-,59+,60-,61-,62-,63-,64-,65-,66-,67-,71-,72+/m0/s1. The van der Waals surface area contributed by atoms with Crippen molar-refractivity contribution in [2.45, 2.75) is 202 Å². The summed E-state index contributed by atoms with van der Waals surface area (Å²) in [5, 5.41) is 68.5. The topological polar surface area (TPSA) is 663 Å². The van der Waals surface area contributed by atoms with E-state index in [-0.39, 0.29) is 89.8 Å². The second-order valence-electron chi connectivity index (χ2n) is 31.9. The van der Waals surface area contributed by atoms with Crippen molar-refractivity contribution in [3.8, 4) is 5.75 Å². The highest BCUT2D eigenvalue weighted by Gasteiger charge is 2.41. The summed E-state index contributed by atoms with van der Waals surface area (Å²) in [4.78, 5) is 229. The fourth-order valence-electron chi connectivity index (χ4n) is 13.7. The number of phenols is 1. The van der Waals surface area contributed by atoms with E-state index >= 15 is 14.4 Å². The average Bonchev–Trinajstić information content (AvgIpc) is 1.66. The lowest BCUT2D eigenvalue weighted by molar-refractivity contribution is -0.141. The highest BCUT2D eigenvalue weighted by atomic mass is 32.1. The van der Waals surface area contributed by atoms with Gasteiger partial charge < -0.3 is 128 Å². The Morgan fingerprint density at radius 3 is 1.41 bits per heavy atom. The number of primary amides is 1. The molecule has 0 unspecified atom stereocenters. The van der Waals surface area contributed by atoms with Gasteiger partial charge in [0.25, 0.3) is 0 Å². The first-order valence-corrected chi connectivity index (χ1v) is 43.3. The molecule has 2 aromatic heterocycles. The van der Waals surface area contributed by atoms with Gasteiger partial charge in [0.2, 0.25) is 88.6 Å². The molecule has 2 heterocycles. The number of amides is 15. The molecule has 28 N–H and O–H groups in total. The van der Waals surface area contributed by atoms with E-state index in [4.69, 9.17) is 33.1 Å². The van der Waals surface area contributed by atoms with Crippen molar-refractivity contribution in [1.29, 1.82) is 5.41 Å². The van der Waals surface area contributed by atoms with E-state index in [1.807, 2.05) is 0 Å². The lowest BCUT2D eigenvalue weighted by Crippen LogP contribution is -2.63. The summed E-state index contributed by atoms with van der Waals surface area (Å²) < 4.78 is 3.99. The lowest BCUT2D eigenvalue weighted by Gasteiger charge is -2.32. The molecule has 4 aromatic carbocycles. The molecular formula is C86H122N22O19S2. The number of nitrogens with two attached hydrogens (primary N) is 4. The van der Waals surface area contributed by atoms with E-state index in [1.54, 1.807) is 105 Å². The number of rotatable bonds is 56. The molecule has 43 heteroatoms. The van der Waals surface area contributed by atoms with E-state index in [0.717, 1.165) is 0 Å². The number of carbonyl (C=O) groups excluding carboxylic acids is 15. The third-order valence-electron chi connectivity index (χ3n) is 20.6. The first-order chi connectivity index (χ1) is 61.3. The molecule has 0 bridgehead atoms. The molecule has 0 saturated heterocycles. The molecule has 0 fully saturated rings. The van der Waals surface area contributed by atoms with Crippen LogP contribution in [0.25, 0.3) is 21.8 Å². The Morgan fingerprint density at radius 1 is 0.465 bits per heavy atom. The molecule has 12 atom stereocenters. The third-order valence-corrected chi connectivity index (χ3v) is 21.2. The average molecular weight is 1830 g/mol. The number of aromatic hydroxyl groups is 1. The lowest BCUT2D eigenvalue weighted by atomic mass is 9.99. The van der Waals surface area contributed by atoms with Crippen LogP contribution in [0.4, 0.5) is 0 Å². The number of thiol groups is 2. The van der Waals surface area contributed by atoms with Gasteiger partial charge in [0.05, 0.1) is 19.6 Å². The smallest absolute Gasteiger partial charge is 0.305 e. The number of benzene rings is 4. The van der Waals surface area contributed by atoms with E-state index in [1.165, 1.54) is 52.0 Å². The molecule has 0 saturated carbocycles. The molecule has 702 valence electrons. The van der Waals surface area contributed by atoms with Gasteiger partial charge in [0, 0.05) is 90.4 Å². The van der Waals surface area contributed by atoms with Crippen molar-refractivity contribution in [3.63, 3.8) is 0 Å². The van der Waals surface area contributed by atoms with Gasteiger partial charge >= 0.3 is 5.97 Å². The fraction of sp³-hybridized carbons (Fsp3) is 0.477. The molecule has 129 heavy (non-hydrogen) atoms. The number of aromatic nitrogens is 2. The van der Waals surface area contributed by atoms with Crippen LogP contribution in [0.3, 0.4) is 0 Å². The van der Waals surface area contributed by atoms with Crippen LogP contribution >= 0.6 is 25.3 Å². The van der Waals surface area contributed by atoms with E-state index < -0.39 is 209 Å². The van der Waals surface area contributed by atoms with Crippen LogP contribution in [0.15, 0.2) is 116 Å². The highest BCUT2D eigenvalue weighted by Crippen LogP contribution is 2.24. The second kappa shape index (κ2) is 53.1. The van der Waals surface area contributed by atoms with Crippen LogP contribution < -0.4 is 103 Å². The maximum Gasteiger partial charge on any atom is 0.305 e. The summed E-state index contributed by atoms with van der Waals surface area (Å²) >= 11 is 8.93. The van der Waals surface area contributed by atoms with Crippen molar-refractivity contribution in [3.05, 3.63) is 138 Å². The maximum absolute atomic E-state index is 15.4. The number of carboxylic acids is 1. The number of carbonyl (C=O) groups is 16. The zero-order valence-corrected chi connectivity index (χ0v) is 74.7. The number of hydrogen-bond acceptors (Lipinski definition) is 23. The van der Waals surface area contributed by atoms with Crippen molar-refractivity contribution >= 4 is 148 Å². The van der Waals surface area contributed by atoms with Gasteiger partial charge in [-0.2, -0.15) is 25.3 Å². The van der Waals surface area contributed by atoms with Crippen molar-refractivity contribution < 1.29 is 91.7 Å². The van der Waals surface area contributed by atoms with E-state index in [0.29, 0.717) is 69.9 Å². The molecule has 0 aliphatic rings. The maximum atomic E-state index is 15.4. The molecule has 6 rings (SSSR count). The number of nitrogens with one attached hydrogen (secondary N) is 18. The fourth-order valence-corrected chi connectivity index (χ4v) is 14.1. The number of unbranched alkanes of at least 4 members (excludes halogenated alkanes) is 2. The Hall–Kier alpha value is -12.9. The minimum absolute atomic E-state index is 0.00288. The van der Waals surface area contributed by atoms with Crippen LogP contribution in [-0.2, 0) is 107 Å². The molecular weight excluding hydrogens is 1710 g/mol. The molecule has 6 aromatic rings. The predicted molar refractivity (Wildman–Crippen MR) is 485 cm³/mol. The van der Waals surface area contributed by atoms with Crippen LogP contribution in [0.1, 0.15) is 122 Å². The summed E-state index contributed by atoms with van der Waals surface area (Å²) in [6.07, 6.45) is 2.99. The number of aromatic amines is 2. The second-order valence-corrected chi connectivity index (χ2v) is 33.4. The Labute approximate surface area is 756 Å². The van der Waals surface area contributed by atoms with E-state index in [9.17, 15) is 72.5 Å². The number of carboxylic acid groups (broad SMARTS) is 1. The number of hydrogen-bond donors (Lipinski definition) is 26. The van der Waals surface area contributed by atoms with Gasteiger partial charge in [-0.05, 0) is 138 Å². The number of aliphatic carboxylic acids is 1. The predicted octanol–water partition coefficient (Wildman–Crippen LogP) is -2.49. The molecule has 41 nitrogen and oxygen atoms in total. The van der Waals surface area contributed by atoms with Gasteiger partial charge in [-0.1, -0.05) is 92.7 Å². The normalized spacial score (nSPS) is 14.1. The molecule has 0 aliphatic heterocycles. The van der Waals surface area contributed by atoms with Gasteiger partial charge in [-0.15, -0.1) is 0 Å². The summed E-state index contributed by atoms with van der Waals surface area (Å²) in [7, 11) is 0. The Morgan fingerprint density at radius 2 is 0.915 bits per heavy atom.